The highest BCUT2D eigenvalue weighted by Gasteiger charge is 2.25. The van der Waals surface area contributed by atoms with Gasteiger partial charge >= 0.3 is 0 Å². The van der Waals surface area contributed by atoms with Crippen LogP contribution in [0.1, 0.15) is 6.92 Å². The van der Waals surface area contributed by atoms with Gasteiger partial charge in [0.15, 0.2) is 0 Å². The fraction of sp³-hybridized carbons (Fsp3) is 0.857. The summed E-state index contributed by atoms with van der Waals surface area (Å²) in [6, 6.07) is -0.122. The van der Waals surface area contributed by atoms with Crippen LogP contribution in [-0.2, 0) is 4.79 Å². The maximum absolute atomic E-state index is 11.1. The summed E-state index contributed by atoms with van der Waals surface area (Å²) in [4.78, 5) is 11.1. The van der Waals surface area contributed by atoms with E-state index in [-0.39, 0.29) is 24.5 Å². The summed E-state index contributed by atoms with van der Waals surface area (Å²) < 4.78 is 0. The van der Waals surface area contributed by atoms with E-state index in [9.17, 15) is 4.79 Å². The van der Waals surface area contributed by atoms with Crippen LogP contribution in [0.5, 0.6) is 0 Å². The molecule has 1 aliphatic rings. The quantitative estimate of drug-likeness (QED) is 0.478. The number of carbonyl (C=O) groups is 1. The van der Waals surface area contributed by atoms with E-state index in [1.54, 1.807) is 6.92 Å². The van der Waals surface area contributed by atoms with E-state index in [1.165, 1.54) is 0 Å². The second kappa shape index (κ2) is 3.69. The molecule has 11 heavy (non-hydrogen) atoms. The molecule has 64 valence electrons. The lowest BCUT2D eigenvalue weighted by atomic mass is 10.0. The number of amides is 1. The van der Waals surface area contributed by atoms with Crippen LogP contribution in [0, 0.1) is 5.92 Å². The fourth-order valence-electron chi connectivity index (χ4n) is 0.880. The third-order valence-electron chi connectivity index (χ3n) is 1.81. The molecule has 0 radical (unpaired) electrons. The highest BCUT2D eigenvalue weighted by atomic mass is 16.3. The molecule has 1 heterocycles. The van der Waals surface area contributed by atoms with Gasteiger partial charge in [-0.3, -0.25) is 4.79 Å². The van der Waals surface area contributed by atoms with Crippen molar-refractivity contribution in [1.29, 1.82) is 0 Å². The summed E-state index contributed by atoms with van der Waals surface area (Å²) in [5.74, 6) is 0.161. The minimum Gasteiger partial charge on any atom is -0.394 e. The van der Waals surface area contributed by atoms with Crippen LogP contribution in [0.2, 0.25) is 0 Å². The molecule has 0 spiro atoms. The van der Waals surface area contributed by atoms with Crippen LogP contribution in [0.25, 0.3) is 0 Å². The Bertz CT molecular complexity index is 145. The molecule has 1 atom stereocenters. The maximum Gasteiger partial charge on any atom is 0.225 e. The van der Waals surface area contributed by atoms with Crippen LogP contribution < -0.4 is 10.6 Å². The standard InChI is InChI=1S/C7H14N2O2/c1-5(4-10)9-7(11)6-2-8-3-6/h5-6,8,10H,2-4H2,1H3,(H,9,11)/t5-/m1/s1. The van der Waals surface area contributed by atoms with Crippen molar-refractivity contribution in [1.82, 2.24) is 10.6 Å². The first kappa shape index (κ1) is 8.49. The maximum atomic E-state index is 11.1. The molecule has 0 bridgehead atoms. The lowest BCUT2D eigenvalue weighted by Crippen LogP contribution is -2.52. The van der Waals surface area contributed by atoms with Gasteiger partial charge in [-0.2, -0.15) is 0 Å². The van der Waals surface area contributed by atoms with E-state index in [2.05, 4.69) is 10.6 Å². The molecule has 4 nitrogen and oxygen atoms in total. The van der Waals surface area contributed by atoms with Crippen LogP contribution in [-0.4, -0.2) is 36.8 Å². The molecule has 1 aliphatic heterocycles. The van der Waals surface area contributed by atoms with Gasteiger partial charge in [-0.1, -0.05) is 0 Å². The van der Waals surface area contributed by atoms with Gasteiger partial charge in [0.2, 0.25) is 5.91 Å². The van der Waals surface area contributed by atoms with Crippen molar-refractivity contribution in [3.63, 3.8) is 0 Å². The normalized spacial score (nSPS) is 20.5. The molecule has 0 unspecified atom stereocenters. The Kier molecular flexibility index (Phi) is 2.84. The highest BCUT2D eigenvalue weighted by Crippen LogP contribution is 2.02. The number of carbonyl (C=O) groups excluding carboxylic acids is 1. The number of aliphatic hydroxyl groups excluding tert-OH is 1. The zero-order valence-corrected chi connectivity index (χ0v) is 6.63. The van der Waals surface area contributed by atoms with E-state index in [4.69, 9.17) is 5.11 Å². The predicted molar refractivity (Wildman–Crippen MR) is 41.1 cm³/mol. The summed E-state index contributed by atoms with van der Waals surface area (Å²) in [6.45, 7) is 3.32. The Balaban J connectivity index is 2.19. The second-order valence-corrected chi connectivity index (χ2v) is 2.95. The van der Waals surface area contributed by atoms with E-state index in [1.807, 2.05) is 0 Å². The molecule has 0 saturated carbocycles. The molecule has 0 aromatic rings. The summed E-state index contributed by atoms with van der Waals surface area (Å²) in [6.07, 6.45) is 0. The molecule has 3 N–H and O–H groups in total. The first-order valence-corrected chi connectivity index (χ1v) is 3.86. The number of hydrogen-bond acceptors (Lipinski definition) is 3. The Labute approximate surface area is 66.0 Å². The van der Waals surface area contributed by atoms with E-state index >= 15 is 0 Å². The number of nitrogens with one attached hydrogen (secondary N) is 2. The predicted octanol–water partition coefficient (Wildman–Crippen LogP) is -1.30. The Morgan fingerprint density at radius 2 is 2.45 bits per heavy atom. The molecule has 0 aliphatic carbocycles. The summed E-state index contributed by atoms with van der Waals surface area (Å²) in [5.41, 5.74) is 0. The van der Waals surface area contributed by atoms with Crippen molar-refractivity contribution >= 4 is 5.91 Å². The molecule has 1 fully saturated rings. The summed E-state index contributed by atoms with van der Waals surface area (Å²) >= 11 is 0. The van der Waals surface area contributed by atoms with Crippen molar-refractivity contribution in [2.45, 2.75) is 13.0 Å². The summed E-state index contributed by atoms with van der Waals surface area (Å²) in [7, 11) is 0. The van der Waals surface area contributed by atoms with Gasteiger partial charge in [0.25, 0.3) is 0 Å². The van der Waals surface area contributed by atoms with Gasteiger partial charge in [-0.15, -0.1) is 0 Å². The molecule has 1 amide bonds. The van der Waals surface area contributed by atoms with Gasteiger partial charge < -0.3 is 15.7 Å². The van der Waals surface area contributed by atoms with Gasteiger partial charge in [-0.25, -0.2) is 0 Å². The molecule has 0 aromatic carbocycles. The lowest BCUT2D eigenvalue weighted by molar-refractivity contribution is -0.127. The Morgan fingerprint density at radius 3 is 2.82 bits per heavy atom. The molecule has 0 aromatic heterocycles. The minimum absolute atomic E-state index is 0.00584. The molecule has 1 rings (SSSR count). The number of hydrogen-bond donors (Lipinski definition) is 3. The fourth-order valence-corrected chi connectivity index (χ4v) is 0.880. The lowest BCUT2D eigenvalue weighted by Gasteiger charge is -2.27. The van der Waals surface area contributed by atoms with Gasteiger partial charge in [0.1, 0.15) is 0 Å². The average Bonchev–Trinajstić information content (AvgIpc) is 1.83. The smallest absolute Gasteiger partial charge is 0.225 e. The van der Waals surface area contributed by atoms with Crippen molar-refractivity contribution in [3.8, 4) is 0 Å². The van der Waals surface area contributed by atoms with E-state index in [0.29, 0.717) is 0 Å². The van der Waals surface area contributed by atoms with Crippen LogP contribution in [0.4, 0.5) is 0 Å². The molecular weight excluding hydrogens is 144 g/mol. The molecule has 4 heteroatoms. The van der Waals surface area contributed by atoms with E-state index < -0.39 is 0 Å². The van der Waals surface area contributed by atoms with Crippen LogP contribution in [0.3, 0.4) is 0 Å². The van der Waals surface area contributed by atoms with Gasteiger partial charge in [0, 0.05) is 19.1 Å². The third kappa shape index (κ3) is 2.17. The van der Waals surface area contributed by atoms with Gasteiger partial charge in [-0.05, 0) is 6.92 Å². The topological polar surface area (TPSA) is 61.4 Å². The SMILES string of the molecule is C[C@H](CO)NC(=O)C1CNC1. The molecular formula is C7H14N2O2. The Morgan fingerprint density at radius 1 is 1.82 bits per heavy atom. The highest BCUT2D eigenvalue weighted by molar-refractivity contribution is 5.80. The number of aliphatic hydroxyl groups is 1. The van der Waals surface area contributed by atoms with Crippen molar-refractivity contribution in [2.75, 3.05) is 19.7 Å². The first-order chi connectivity index (χ1) is 5.24. The van der Waals surface area contributed by atoms with Crippen molar-refractivity contribution in [2.24, 2.45) is 5.92 Å². The van der Waals surface area contributed by atoms with Gasteiger partial charge in [0.05, 0.1) is 12.5 Å². The minimum atomic E-state index is -0.122. The van der Waals surface area contributed by atoms with Crippen molar-refractivity contribution < 1.29 is 9.90 Å². The first-order valence-electron chi connectivity index (χ1n) is 3.86. The van der Waals surface area contributed by atoms with E-state index in [0.717, 1.165) is 13.1 Å². The second-order valence-electron chi connectivity index (χ2n) is 2.95. The monoisotopic (exact) mass is 158 g/mol. The summed E-state index contributed by atoms with van der Waals surface area (Å²) in [5, 5.41) is 14.3. The van der Waals surface area contributed by atoms with Crippen LogP contribution in [0.15, 0.2) is 0 Å². The Hall–Kier alpha value is -0.610. The zero-order valence-electron chi connectivity index (χ0n) is 6.63. The third-order valence-corrected chi connectivity index (χ3v) is 1.81. The zero-order chi connectivity index (χ0) is 8.27. The number of rotatable bonds is 3. The largest absolute Gasteiger partial charge is 0.394 e. The van der Waals surface area contributed by atoms with Crippen LogP contribution >= 0.6 is 0 Å². The molecule has 1 saturated heterocycles. The van der Waals surface area contributed by atoms with Crippen molar-refractivity contribution in [3.05, 3.63) is 0 Å². The average molecular weight is 158 g/mol.